The zero-order valence-electron chi connectivity index (χ0n) is 12.1. The first-order valence-corrected chi connectivity index (χ1v) is 6.09. The Morgan fingerprint density at radius 2 is 0.760 bits per heavy atom. The Morgan fingerprint density at radius 1 is 0.560 bits per heavy atom. The zero-order chi connectivity index (χ0) is 18.3. The number of nitrogens with zero attached hydrogens (tertiary/aromatic N) is 2. The maximum atomic E-state index is 10.3. The second kappa shape index (κ2) is 9.75. The molecule has 0 unspecified atom stereocenters. The van der Waals surface area contributed by atoms with Crippen LogP contribution in [0.15, 0.2) is 36.4 Å². The van der Waals surface area contributed by atoms with Gasteiger partial charge >= 0.3 is 23.9 Å². The average Bonchev–Trinajstić information content (AvgIpc) is 2.55. The molecule has 2 aromatic rings. The number of pyridine rings is 2. The van der Waals surface area contributed by atoms with Crippen LogP contribution < -0.4 is 0 Å². The predicted octanol–water partition coefficient (Wildman–Crippen LogP) is 0.954. The van der Waals surface area contributed by atoms with E-state index in [1.54, 1.807) is 0 Å². The molecule has 11 heteroatoms. The molecule has 0 radical (unpaired) electrons. The van der Waals surface area contributed by atoms with Gasteiger partial charge in [0.05, 0.1) is 0 Å². The minimum absolute atomic E-state index is 0. The molecule has 0 bridgehead atoms. The molecule has 132 valence electrons. The first-order valence-electron chi connectivity index (χ1n) is 6.09. The normalized spacial score (nSPS) is 8.96. The number of hydrogen-bond donors (Lipinski definition) is 4. The molecule has 0 aliphatic heterocycles. The van der Waals surface area contributed by atoms with Gasteiger partial charge in [0, 0.05) is 17.1 Å². The summed E-state index contributed by atoms with van der Waals surface area (Å²) in [5.41, 5.74) is -1.07. The molecule has 0 aliphatic carbocycles. The summed E-state index contributed by atoms with van der Waals surface area (Å²) in [5, 5.41) is 33.7. The van der Waals surface area contributed by atoms with Crippen LogP contribution in [0.2, 0.25) is 0 Å². The van der Waals surface area contributed by atoms with Gasteiger partial charge in [-0.15, -0.1) is 0 Å². The standard InChI is InChI=1S/2C7H5NO4.Fe/c2*9-6(10)4-2-1-3-5(8-4)7(11)12;/h2*1-3H,(H,9,10)(H,11,12);. The van der Waals surface area contributed by atoms with Crippen molar-refractivity contribution in [2.45, 2.75) is 0 Å². The topological polar surface area (TPSA) is 175 Å². The van der Waals surface area contributed by atoms with Gasteiger partial charge in [-0.25, -0.2) is 29.1 Å². The van der Waals surface area contributed by atoms with Gasteiger partial charge in [0.2, 0.25) is 0 Å². The van der Waals surface area contributed by atoms with E-state index >= 15 is 0 Å². The summed E-state index contributed by atoms with van der Waals surface area (Å²) in [4.78, 5) is 48.0. The van der Waals surface area contributed by atoms with Crippen LogP contribution in [0.25, 0.3) is 0 Å². The molecule has 0 aromatic carbocycles. The number of carboxylic acids is 4. The van der Waals surface area contributed by atoms with Crippen molar-refractivity contribution in [1.82, 2.24) is 9.97 Å². The Morgan fingerprint density at radius 3 is 0.920 bits per heavy atom. The molecule has 0 amide bonds. The Hall–Kier alpha value is -3.30. The number of carbonyl (C=O) groups is 4. The van der Waals surface area contributed by atoms with E-state index in [1.165, 1.54) is 36.4 Å². The van der Waals surface area contributed by atoms with E-state index in [1.807, 2.05) is 0 Å². The Labute approximate surface area is 150 Å². The maximum absolute atomic E-state index is 10.3. The van der Waals surface area contributed by atoms with E-state index < -0.39 is 23.9 Å². The van der Waals surface area contributed by atoms with Gasteiger partial charge in [-0.1, -0.05) is 12.1 Å². The van der Waals surface area contributed by atoms with Crippen LogP contribution in [0, 0.1) is 0 Å². The molecule has 2 rings (SSSR count). The minimum Gasteiger partial charge on any atom is -0.477 e. The second-order valence-corrected chi connectivity index (χ2v) is 4.04. The van der Waals surface area contributed by atoms with Crippen LogP contribution in [0.3, 0.4) is 0 Å². The van der Waals surface area contributed by atoms with Crippen LogP contribution in [0.4, 0.5) is 0 Å². The molecular weight excluding hydrogens is 380 g/mol. The molecule has 0 aliphatic rings. The molecule has 4 N–H and O–H groups in total. The number of aromatic nitrogens is 2. The van der Waals surface area contributed by atoms with Gasteiger partial charge < -0.3 is 20.4 Å². The van der Waals surface area contributed by atoms with Crippen LogP contribution >= 0.6 is 0 Å². The van der Waals surface area contributed by atoms with Crippen molar-refractivity contribution in [3.8, 4) is 0 Å². The van der Waals surface area contributed by atoms with E-state index in [9.17, 15) is 19.2 Å². The molecule has 25 heavy (non-hydrogen) atoms. The van der Waals surface area contributed by atoms with Crippen molar-refractivity contribution >= 4 is 23.9 Å². The third-order valence-corrected chi connectivity index (χ3v) is 2.37. The number of hydrogen-bond acceptors (Lipinski definition) is 6. The van der Waals surface area contributed by atoms with Crippen LogP contribution in [-0.4, -0.2) is 54.3 Å². The maximum Gasteiger partial charge on any atom is 0.354 e. The van der Waals surface area contributed by atoms with Gasteiger partial charge in [-0.05, 0) is 24.3 Å². The largest absolute Gasteiger partial charge is 0.477 e. The summed E-state index contributed by atoms with van der Waals surface area (Å²) in [6, 6.07) is 7.59. The van der Waals surface area contributed by atoms with Gasteiger partial charge in [0.15, 0.2) is 0 Å². The number of aromatic carboxylic acids is 4. The van der Waals surface area contributed by atoms with Crippen molar-refractivity contribution in [3.05, 3.63) is 59.2 Å². The fraction of sp³-hybridized carbons (Fsp3) is 0. The monoisotopic (exact) mass is 390 g/mol. The van der Waals surface area contributed by atoms with Crippen LogP contribution in [0.1, 0.15) is 42.0 Å². The van der Waals surface area contributed by atoms with Crippen LogP contribution in [0.5, 0.6) is 0 Å². The molecule has 0 spiro atoms. The molecule has 0 saturated heterocycles. The molecule has 2 aromatic heterocycles. The van der Waals surface area contributed by atoms with Gasteiger partial charge in [0.1, 0.15) is 22.8 Å². The molecule has 0 fully saturated rings. The SMILES string of the molecule is O=C(O)c1cccc(C(=O)O)n1.O=C(O)c1cccc(C(=O)O)n1.[Fe]. The van der Waals surface area contributed by atoms with Crippen molar-refractivity contribution in [2.24, 2.45) is 0 Å². The first kappa shape index (κ1) is 21.7. The third-order valence-electron chi connectivity index (χ3n) is 2.37. The summed E-state index contributed by atoms with van der Waals surface area (Å²) in [7, 11) is 0. The van der Waals surface area contributed by atoms with Gasteiger partial charge in [0.25, 0.3) is 0 Å². The molecule has 0 atom stereocenters. The van der Waals surface area contributed by atoms with Gasteiger partial charge in [-0.2, -0.15) is 0 Å². The van der Waals surface area contributed by atoms with Crippen molar-refractivity contribution in [3.63, 3.8) is 0 Å². The van der Waals surface area contributed by atoms with Crippen LogP contribution in [-0.2, 0) is 17.1 Å². The van der Waals surface area contributed by atoms with E-state index in [0.29, 0.717) is 0 Å². The summed E-state index contributed by atoms with van der Waals surface area (Å²) in [5.74, 6) is -4.95. The second-order valence-electron chi connectivity index (χ2n) is 4.04. The summed E-state index contributed by atoms with van der Waals surface area (Å²) in [6.45, 7) is 0. The predicted molar refractivity (Wildman–Crippen MR) is 76.3 cm³/mol. The van der Waals surface area contributed by atoms with E-state index in [-0.39, 0.29) is 39.8 Å². The van der Waals surface area contributed by atoms with Crippen molar-refractivity contribution in [2.75, 3.05) is 0 Å². The quantitative estimate of drug-likeness (QED) is 0.550. The smallest absolute Gasteiger partial charge is 0.354 e. The van der Waals surface area contributed by atoms with E-state index in [0.717, 1.165) is 0 Å². The Bertz CT molecular complexity index is 683. The van der Waals surface area contributed by atoms with Crippen molar-refractivity contribution in [1.29, 1.82) is 0 Å². The molecule has 10 nitrogen and oxygen atoms in total. The molecule has 2 heterocycles. The average molecular weight is 390 g/mol. The van der Waals surface area contributed by atoms with E-state index in [4.69, 9.17) is 20.4 Å². The Kier molecular flexibility index (Phi) is 8.47. The van der Waals surface area contributed by atoms with E-state index in [2.05, 4.69) is 9.97 Å². The summed E-state index contributed by atoms with van der Waals surface area (Å²) >= 11 is 0. The Balaban J connectivity index is 0.000000443. The minimum atomic E-state index is -1.24. The summed E-state index contributed by atoms with van der Waals surface area (Å²) in [6.07, 6.45) is 0. The number of rotatable bonds is 4. The first-order chi connectivity index (χ1) is 11.2. The summed E-state index contributed by atoms with van der Waals surface area (Å²) < 4.78 is 0. The molecule has 0 saturated carbocycles. The van der Waals surface area contributed by atoms with Gasteiger partial charge in [-0.3, -0.25) is 0 Å². The van der Waals surface area contributed by atoms with Crippen molar-refractivity contribution < 1.29 is 56.7 Å². The third kappa shape index (κ3) is 6.77. The fourth-order valence-corrected chi connectivity index (χ4v) is 1.35. The fourth-order valence-electron chi connectivity index (χ4n) is 1.35. The molecular formula is C14H10FeN2O8. The zero-order valence-corrected chi connectivity index (χ0v) is 13.2. The number of carboxylic acid groups (broad SMARTS) is 4.